The van der Waals surface area contributed by atoms with Crippen LogP contribution >= 0.6 is 0 Å². The van der Waals surface area contributed by atoms with Gasteiger partial charge in [-0.25, -0.2) is 4.98 Å². The number of hydrogen-bond acceptors (Lipinski definition) is 4. The molecule has 0 saturated carbocycles. The molecule has 138 valence electrons. The SMILES string of the molecule is CC(C)[Si](OCc1cnc(CO)n1C[C@@H]1CCO1)(C(C)C)C(C)C. The highest BCUT2D eigenvalue weighted by atomic mass is 28.4. The van der Waals surface area contributed by atoms with Gasteiger partial charge in [0.1, 0.15) is 12.4 Å². The summed E-state index contributed by atoms with van der Waals surface area (Å²) in [4.78, 5) is 4.37. The van der Waals surface area contributed by atoms with Crippen LogP contribution in [-0.4, -0.2) is 35.7 Å². The highest BCUT2D eigenvalue weighted by molar-refractivity contribution is 6.77. The normalized spacial score (nSPS) is 18.7. The molecule has 1 aromatic rings. The molecule has 0 spiro atoms. The van der Waals surface area contributed by atoms with Gasteiger partial charge in [-0.3, -0.25) is 0 Å². The first-order chi connectivity index (χ1) is 11.3. The van der Waals surface area contributed by atoms with Crippen LogP contribution < -0.4 is 0 Å². The number of aliphatic hydroxyl groups excluding tert-OH is 1. The van der Waals surface area contributed by atoms with Crippen molar-refractivity contribution in [3.63, 3.8) is 0 Å². The van der Waals surface area contributed by atoms with E-state index >= 15 is 0 Å². The molecule has 1 saturated heterocycles. The van der Waals surface area contributed by atoms with Gasteiger partial charge in [-0.05, 0) is 23.0 Å². The minimum Gasteiger partial charge on any atom is -0.410 e. The molecule has 2 rings (SSSR count). The van der Waals surface area contributed by atoms with Crippen LogP contribution in [0.1, 0.15) is 59.5 Å². The topological polar surface area (TPSA) is 56.5 Å². The van der Waals surface area contributed by atoms with Crippen molar-refractivity contribution in [2.24, 2.45) is 0 Å². The Morgan fingerprint density at radius 1 is 1.25 bits per heavy atom. The molecular formula is C18H34N2O3Si. The van der Waals surface area contributed by atoms with Gasteiger partial charge in [-0.2, -0.15) is 0 Å². The van der Waals surface area contributed by atoms with Crippen molar-refractivity contribution in [3.05, 3.63) is 17.7 Å². The van der Waals surface area contributed by atoms with Gasteiger partial charge in [0.15, 0.2) is 0 Å². The molecule has 24 heavy (non-hydrogen) atoms. The highest BCUT2D eigenvalue weighted by Gasteiger charge is 2.45. The van der Waals surface area contributed by atoms with E-state index in [1.54, 1.807) is 0 Å². The molecule has 0 bridgehead atoms. The largest absolute Gasteiger partial charge is 0.410 e. The van der Waals surface area contributed by atoms with Gasteiger partial charge < -0.3 is 18.8 Å². The summed E-state index contributed by atoms with van der Waals surface area (Å²) in [5, 5.41) is 9.57. The average molecular weight is 355 g/mol. The second-order valence-electron chi connectivity index (χ2n) is 7.82. The van der Waals surface area contributed by atoms with Crippen molar-refractivity contribution in [3.8, 4) is 0 Å². The standard InChI is InChI=1S/C18H34N2O3Si/c1-13(2)24(14(3)4,15(5)6)23-12-16-9-19-18(11-21)20(16)10-17-7-8-22-17/h9,13-15,17,21H,7-8,10-12H2,1-6H3/t17-/m0/s1. The van der Waals surface area contributed by atoms with Gasteiger partial charge >= 0.3 is 0 Å². The molecule has 0 unspecified atom stereocenters. The first-order valence-electron chi connectivity index (χ1n) is 9.22. The lowest BCUT2D eigenvalue weighted by molar-refractivity contribution is -0.0604. The van der Waals surface area contributed by atoms with E-state index in [1.165, 1.54) is 0 Å². The fraction of sp³-hybridized carbons (Fsp3) is 0.833. The minimum absolute atomic E-state index is 0.0478. The van der Waals surface area contributed by atoms with E-state index < -0.39 is 8.32 Å². The molecule has 1 aliphatic rings. The zero-order chi connectivity index (χ0) is 17.9. The van der Waals surface area contributed by atoms with Gasteiger partial charge in [0.05, 0.1) is 31.1 Å². The van der Waals surface area contributed by atoms with Gasteiger partial charge in [0.25, 0.3) is 0 Å². The number of nitrogens with zero attached hydrogens (tertiary/aromatic N) is 2. The third-order valence-electron chi connectivity index (χ3n) is 5.52. The number of hydrogen-bond donors (Lipinski definition) is 1. The molecule has 0 radical (unpaired) electrons. The Balaban J connectivity index is 2.18. The number of aromatic nitrogens is 2. The van der Waals surface area contributed by atoms with E-state index in [-0.39, 0.29) is 12.7 Å². The van der Waals surface area contributed by atoms with Gasteiger partial charge in [0.2, 0.25) is 8.32 Å². The van der Waals surface area contributed by atoms with Crippen molar-refractivity contribution < 1.29 is 14.3 Å². The Labute approximate surface area is 147 Å². The fourth-order valence-corrected chi connectivity index (χ4v) is 9.65. The molecular weight excluding hydrogens is 320 g/mol. The van der Waals surface area contributed by atoms with Crippen molar-refractivity contribution >= 4 is 8.32 Å². The molecule has 1 N–H and O–H groups in total. The Kier molecular flexibility index (Phi) is 6.64. The fourth-order valence-electron chi connectivity index (χ4n) is 4.25. The monoisotopic (exact) mass is 354 g/mol. The number of aliphatic hydroxyl groups is 1. The Bertz CT molecular complexity index is 503. The molecule has 1 atom stereocenters. The molecule has 0 aromatic carbocycles. The molecule has 1 fully saturated rings. The number of ether oxygens (including phenoxy) is 1. The predicted molar refractivity (Wildman–Crippen MR) is 98.3 cm³/mol. The molecule has 5 nitrogen and oxygen atoms in total. The van der Waals surface area contributed by atoms with Gasteiger partial charge in [-0.15, -0.1) is 0 Å². The molecule has 0 amide bonds. The minimum atomic E-state index is -1.90. The summed E-state index contributed by atoms with van der Waals surface area (Å²) in [5.41, 5.74) is 2.72. The predicted octanol–water partition coefficient (Wildman–Crippen LogP) is 3.86. The molecule has 1 aromatic heterocycles. The summed E-state index contributed by atoms with van der Waals surface area (Å²) in [6, 6.07) is 0. The van der Waals surface area contributed by atoms with E-state index in [9.17, 15) is 5.11 Å². The second kappa shape index (κ2) is 8.12. The maximum atomic E-state index is 9.57. The average Bonchev–Trinajstić information content (AvgIpc) is 2.84. The number of imidazole rings is 1. The second-order valence-corrected chi connectivity index (χ2v) is 13.3. The third-order valence-corrected chi connectivity index (χ3v) is 11.6. The van der Waals surface area contributed by atoms with Gasteiger partial charge in [-0.1, -0.05) is 41.5 Å². The Hall–Kier alpha value is -0.693. The molecule has 0 aliphatic carbocycles. The van der Waals surface area contributed by atoms with E-state index in [0.717, 1.165) is 25.3 Å². The van der Waals surface area contributed by atoms with Crippen LogP contribution in [0.25, 0.3) is 0 Å². The van der Waals surface area contributed by atoms with Crippen molar-refractivity contribution in [1.29, 1.82) is 0 Å². The van der Waals surface area contributed by atoms with Crippen LogP contribution in [0.4, 0.5) is 0 Å². The van der Waals surface area contributed by atoms with E-state index in [1.807, 2.05) is 6.20 Å². The quantitative estimate of drug-likeness (QED) is 0.684. The van der Waals surface area contributed by atoms with Crippen molar-refractivity contribution in [1.82, 2.24) is 9.55 Å². The summed E-state index contributed by atoms with van der Waals surface area (Å²) >= 11 is 0. The maximum absolute atomic E-state index is 9.57. The van der Waals surface area contributed by atoms with Crippen LogP contribution in [0, 0.1) is 0 Å². The summed E-state index contributed by atoms with van der Waals surface area (Å²) in [7, 11) is -1.90. The van der Waals surface area contributed by atoms with Crippen LogP contribution in [0.3, 0.4) is 0 Å². The zero-order valence-corrected chi connectivity index (χ0v) is 17.1. The molecule has 2 heterocycles. The van der Waals surface area contributed by atoms with Crippen LogP contribution in [-0.2, 0) is 28.9 Å². The Morgan fingerprint density at radius 2 is 1.83 bits per heavy atom. The van der Waals surface area contributed by atoms with E-state index in [0.29, 0.717) is 29.1 Å². The molecule has 6 heteroatoms. The lowest BCUT2D eigenvalue weighted by atomic mass is 10.2. The lowest BCUT2D eigenvalue weighted by Crippen LogP contribution is -2.47. The van der Waals surface area contributed by atoms with E-state index in [4.69, 9.17) is 9.16 Å². The van der Waals surface area contributed by atoms with Crippen LogP contribution in [0.2, 0.25) is 16.6 Å². The maximum Gasteiger partial charge on any atom is 0.200 e. The summed E-state index contributed by atoms with van der Waals surface area (Å²) < 4.78 is 14.3. The first-order valence-corrected chi connectivity index (χ1v) is 11.4. The summed E-state index contributed by atoms with van der Waals surface area (Å²) in [6.45, 7) is 15.9. The van der Waals surface area contributed by atoms with Crippen LogP contribution in [0.5, 0.6) is 0 Å². The lowest BCUT2D eigenvalue weighted by Gasteiger charge is -2.42. The van der Waals surface area contributed by atoms with Crippen LogP contribution in [0.15, 0.2) is 6.20 Å². The van der Waals surface area contributed by atoms with Crippen molar-refractivity contribution in [2.75, 3.05) is 6.61 Å². The van der Waals surface area contributed by atoms with Gasteiger partial charge in [0, 0.05) is 6.61 Å². The summed E-state index contributed by atoms with van der Waals surface area (Å²) in [6.07, 6.45) is 3.17. The summed E-state index contributed by atoms with van der Waals surface area (Å²) in [5.74, 6) is 0.704. The third kappa shape index (κ3) is 3.77. The molecule has 1 aliphatic heterocycles. The van der Waals surface area contributed by atoms with Crippen molar-refractivity contribution in [2.45, 2.75) is 90.4 Å². The smallest absolute Gasteiger partial charge is 0.200 e. The Morgan fingerprint density at radius 3 is 2.25 bits per heavy atom. The first kappa shape index (κ1) is 19.6. The number of rotatable bonds is 9. The van der Waals surface area contributed by atoms with E-state index in [2.05, 4.69) is 51.1 Å². The zero-order valence-electron chi connectivity index (χ0n) is 16.1. The highest BCUT2D eigenvalue weighted by Crippen LogP contribution is 2.42.